The number of benzene rings is 2. The van der Waals surface area contributed by atoms with Crippen LogP contribution in [0.3, 0.4) is 0 Å². The first-order valence-corrected chi connectivity index (χ1v) is 10.0. The maximum absolute atomic E-state index is 9.86. The molecule has 0 radical (unpaired) electrons. The lowest BCUT2D eigenvalue weighted by atomic mass is 9.75. The number of aliphatic hydroxyl groups excluding tert-OH is 1. The van der Waals surface area contributed by atoms with E-state index in [1.165, 1.54) is 42.4 Å². The molecule has 0 aromatic heterocycles. The number of hydrogen-bond acceptors (Lipinski definition) is 2. The zero-order valence-corrected chi connectivity index (χ0v) is 16.2. The van der Waals surface area contributed by atoms with Gasteiger partial charge >= 0.3 is 0 Å². The molecule has 0 bridgehead atoms. The van der Waals surface area contributed by atoms with E-state index >= 15 is 0 Å². The molecule has 1 fully saturated rings. The summed E-state index contributed by atoms with van der Waals surface area (Å²) in [7, 11) is 0. The van der Waals surface area contributed by atoms with Gasteiger partial charge in [-0.1, -0.05) is 87.7 Å². The largest absolute Gasteiger partial charge is 0.396 e. The molecule has 2 N–H and O–H groups in total. The molecule has 0 amide bonds. The minimum Gasteiger partial charge on any atom is -0.396 e. The third kappa shape index (κ3) is 4.96. The summed E-state index contributed by atoms with van der Waals surface area (Å²) in [4.78, 5) is 0. The van der Waals surface area contributed by atoms with Crippen LogP contribution in [0.2, 0.25) is 0 Å². The summed E-state index contributed by atoms with van der Waals surface area (Å²) >= 11 is 0. The predicted octanol–water partition coefficient (Wildman–Crippen LogP) is 4.92. The normalized spacial score (nSPS) is 16.3. The molecular formula is C24H33NO. The van der Waals surface area contributed by atoms with E-state index in [0.29, 0.717) is 0 Å². The fourth-order valence-electron chi connectivity index (χ4n) is 3.90. The maximum Gasteiger partial charge on any atom is 0.0488 e. The van der Waals surface area contributed by atoms with Crippen LogP contribution < -0.4 is 5.32 Å². The second kappa shape index (κ2) is 8.83. The number of nitrogens with one attached hydrogen (secondary N) is 1. The van der Waals surface area contributed by atoms with Crippen LogP contribution in [0, 0.1) is 11.3 Å². The summed E-state index contributed by atoms with van der Waals surface area (Å²) in [6.07, 6.45) is 5.44. The smallest absolute Gasteiger partial charge is 0.0488 e. The van der Waals surface area contributed by atoms with Gasteiger partial charge in [-0.15, -0.1) is 0 Å². The Kier molecular flexibility index (Phi) is 6.50. The van der Waals surface area contributed by atoms with Gasteiger partial charge in [-0.2, -0.15) is 0 Å². The fraction of sp³-hybridized carbons (Fsp3) is 0.500. The molecule has 140 valence electrons. The molecule has 1 atom stereocenters. The van der Waals surface area contributed by atoms with Gasteiger partial charge in [0.05, 0.1) is 0 Å². The average Bonchev–Trinajstić information content (AvgIpc) is 2.63. The van der Waals surface area contributed by atoms with E-state index in [-0.39, 0.29) is 17.9 Å². The fourth-order valence-corrected chi connectivity index (χ4v) is 3.90. The molecule has 0 heterocycles. The van der Waals surface area contributed by atoms with Gasteiger partial charge in [-0.05, 0) is 34.4 Å². The Morgan fingerprint density at radius 2 is 1.77 bits per heavy atom. The van der Waals surface area contributed by atoms with Crippen molar-refractivity contribution in [2.75, 3.05) is 13.2 Å². The molecular weight excluding hydrogens is 318 g/mol. The van der Waals surface area contributed by atoms with Crippen LogP contribution in [0.1, 0.15) is 55.7 Å². The molecule has 2 aromatic rings. The van der Waals surface area contributed by atoms with E-state index in [4.69, 9.17) is 0 Å². The molecule has 0 spiro atoms. The van der Waals surface area contributed by atoms with Crippen LogP contribution in [0.15, 0.2) is 54.6 Å². The van der Waals surface area contributed by atoms with Gasteiger partial charge in [0, 0.05) is 25.6 Å². The van der Waals surface area contributed by atoms with E-state index in [0.717, 1.165) is 19.0 Å². The first-order chi connectivity index (χ1) is 12.6. The number of hydrogen-bond donors (Lipinski definition) is 2. The molecule has 0 aliphatic heterocycles. The highest BCUT2D eigenvalue weighted by atomic mass is 16.3. The minimum absolute atomic E-state index is 0.152. The van der Waals surface area contributed by atoms with Crippen molar-refractivity contribution in [2.24, 2.45) is 11.3 Å². The molecule has 1 aliphatic carbocycles. The van der Waals surface area contributed by atoms with Crippen molar-refractivity contribution in [3.8, 4) is 0 Å². The van der Waals surface area contributed by atoms with Gasteiger partial charge in [-0.25, -0.2) is 0 Å². The Morgan fingerprint density at radius 3 is 2.42 bits per heavy atom. The molecule has 3 rings (SSSR count). The molecule has 26 heavy (non-hydrogen) atoms. The van der Waals surface area contributed by atoms with Gasteiger partial charge < -0.3 is 10.4 Å². The van der Waals surface area contributed by atoms with Gasteiger partial charge in [-0.3, -0.25) is 0 Å². The second-order valence-corrected chi connectivity index (χ2v) is 8.56. The lowest BCUT2D eigenvalue weighted by molar-refractivity contribution is 0.129. The van der Waals surface area contributed by atoms with E-state index in [9.17, 15) is 5.11 Å². The third-order valence-electron chi connectivity index (χ3n) is 5.97. The minimum atomic E-state index is -0.152. The third-order valence-corrected chi connectivity index (χ3v) is 5.97. The van der Waals surface area contributed by atoms with Gasteiger partial charge in [0.1, 0.15) is 0 Å². The molecule has 2 heteroatoms. The molecule has 0 saturated heterocycles. The van der Waals surface area contributed by atoms with Crippen molar-refractivity contribution in [3.63, 3.8) is 0 Å². The van der Waals surface area contributed by atoms with E-state index in [2.05, 4.69) is 67.7 Å². The predicted molar refractivity (Wildman–Crippen MR) is 109 cm³/mol. The van der Waals surface area contributed by atoms with Crippen molar-refractivity contribution in [2.45, 2.75) is 52.0 Å². The van der Waals surface area contributed by atoms with E-state index in [1.54, 1.807) is 0 Å². The lowest BCUT2D eigenvalue weighted by Gasteiger charge is -2.33. The summed E-state index contributed by atoms with van der Waals surface area (Å²) < 4.78 is 0. The quantitative estimate of drug-likeness (QED) is 0.672. The van der Waals surface area contributed by atoms with Crippen LogP contribution in [0.25, 0.3) is 0 Å². The Balaban J connectivity index is 1.60. The first kappa shape index (κ1) is 19.1. The number of aliphatic hydroxyl groups is 1. The molecule has 1 saturated carbocycles. The lowest BCUT2D eigenvalue weighted by Crippen LogP contribution is -2.34. The molecule has 2 nitrogen and oxygen atoms in total. The van der Waals surface area contributed by atoms with Crippen molar-refractivity contribution >= 4 is 0 Å². The van der Waals surface area contributed by atoms with Gasteiger partial charge in [0.25, 0.3) is 0 Å². The summed E-state index contributed by atoms with van der Waals surface area (Å²) in [6.45, 7) is 6.22. The zero-order valence-electron chi connectivity index (χ0n) is 16.2. The second-order valence-electron chi connectivity index (χ2n) is 8.56. The highest BCUT2D eigenvalue weighted by Crippen LogP contribution is 2.34. The van der Waals surface area contributed by atoms with Crippen LogP contribution >= 0.6 is 0 Å². The van der Waals surface area contributed by atoms with Gasteiger partial charge in [0.15, 0.2) is 0 Å². The van der Waals surface area contributed by atoms with Crippen molar-refractivity contribution in [1.29, 1.82) is 0 Å². The van der Waals surface area contributed by atoms with Crippen molar-refractivity contribution in [3.05, 3.63) is 71.3 Å². The number of rotatable bonds is 9. The summed E-state index contributed by atoms with van der Waals surface area (Å²) in [5.74, 6) is 1.19. The average molecular weight is 352 g/mol. The molecule has 1 unspecified atom stereocenters. The summed E-state index contributed by atoms with van der Waals surface area (Å²) in [5, 5.41) is 13.5. The van der Waals surface area contributed by atoms with Crippen LogP contribution in [0.4, 0.5) is 0 Å². The molecule has 2 aromatic carbocycles. The Labute approximate surface area is 158 Å². The van der Waals surface area contributed by atoms with Gasteiger partial charge in [0.2, 0.25) is 0 Å². The summed E-state index contributed by atoms with van der Waals surface area (Å²) in [5.41, 5.74) is 3.97. The van der Waals surface area contributed by atoms with E-state index < -0.39 is 0 Å². The zero-order chi connectivity index (χ0) is 18.4. The van der Waals surface area contributed by atoms with E-state index in [1.807, 2.05) is 6.07 Å². The highest BCUT2D eigenvalue weighted by molar-refractivity contribution is 5.25. The highest BCUT2D eigenvalue weighted by Gasteiger charge is 2.29. The monoisotopic (exact) mass is 351 g/mol. The van der Waals surface area contributed by atoms with Crippen molar-refractivity contribution < 1.29 is 5.11 Å². The van der Waals surface area contributed by atoms with Crippen LogP contribution in [-0.4, -0.2) is 18.3 Å². The summed E-state index contributed by atoms with van der Waals surface area (Å²) in [6, 6.07) is 19.6. The standard InChI is InChI=1S/C24H33NO/c1-24(2,18-26)23(22-12-4-3-5-13-22)17-25-16-21-11-7-10-20(15-21)14-19-8-6-9-19/h3-5,7,10-13,15,19,23,25-26H,6,8-9,14,16-18H2,1-2H3. The SMILES string of the molecule is CC(C)(CO)C(CNCc1cccc(CC2CCC2)c1)c1ccccc1. The topological polar surface area (TPSA) is 32.3 Å². The Morgan fingerprint density at radius 1 is 1.04 bits per heavy atom. The van der Waals surface area contributed by atoms with Crippen LogP contribution in [-0.2, 0) is 13.0 Å². The van der Waals surface area contributed by atoms with Crippen LogP contribution in [0.5, 0.6) is 0 Å². The first-order valence-electron chi connectivity index (χ1n) is 10.0. The maximum atomic E-state index is 9.86. The Hall–Kier alpha value is -1.64. The van der Waals surface area contributed by atoms with Crippen molar-refractivity contribution in [1.82, 2.24) is 5.32 Å². The Bertz CT molecular complexity index is 676. The molecule has 1 aliphatic rings.